The molecule has 1 aliphatic heterocycles. The van der Waals surface area contributed by atoms with Crippen LogP contribution in [0.25, 0.3) is 0 Å². The van der Waals surface area contributed by atoms with Crippen molar-refractivity contribution in [2.24, 2.45) is 0 Å². The van der Waals surface area contributed by atoms with Gasteiger partial charge in [-0.15, -0.1) is 11.3 Å². The fraction of sp³-hybridized carbons (Fsp3) is 0.389. The third-order valence-corrected chi connectivity index (χ3v) is 6.69. The van der Waals surface area contributed by atoms with Crippen molar-refractivity contribution in [3.05, 3.63) is 57.3 Å². The summed E-state index contributed by atoms with van der Waals surface area (Å²) in [4.78, 5) is 16.2. The van der Waals surface area contributed by atoms with E-state index in [0.717, 1.165) is 30.8 Å². The summed E-state index contributed by atoms with van der Waals surface area (Å²) in [5, 5.41) is 2.68. The highest BCUT2D eigenvalue weighted by Crippen LogP contribution is 2.36. The fourth-order valence-corrected chi connectivity index (χ4v) is 4.97. The van der Waals surface area contributed by atoms with Gasteiger partial charge in [0.1, 0.15) is 0 Å². The fourth-order valence-electron chi connectivity index (χ4n) is 2.73. The topological polar surface area (TPSA) is 20.3 Å². The minimum Gasteiger partial charge on any atom is -0.338 e. The molecule has 1 amide bonds. The van der Waals surface area contributed by atoms with Crippen LogP contribution >= 0.6 is 23.1 Å². The second-order valence-electron chi connectivity index (χ2n) is 5.75. The minimum absolute atomic E-state index is 0.176. The lowest BCUT2D eigenvalue weighted by molar-refractivity contribution is 0.0766. The molecule has 0 N–H and O–H groups in total. The van der Waals surface area contributed by atoms with Gasteiger partial charge in [-0.25, -0.2) is 0 Å². The smallest absolute Gasteiger partial charge is 0.253 e. The van der Waals surface area contributed by atoms with Gasteiger partial charge in [-0.3, -0.25) is 4.79 Å². The predicted octanol–water partition coefficient (Wildman–Crippen LogP) is 4.69. The Labute approximate surface area is 140 Å². The maximum Gasteiger partial charge on any atom is 0.253 e. The van der Waals surface area contributed by atoms with Crippen LogP contribution < -0.4 is 0 Å². The standard InChI is InChI=1S/C18H21NOS2/c1-13-5-6-15(12-14(13)2)18(20)19-8-7-17(22-11-9-19)16-4-3-10-21-16/h3-6,10,12,17H,7-9,11H2,1-2H3. The van der Waals surface area contributed by atoms with Crippen molar-refractivity contribution < 1.29 is 4.79 Å². The van der Waals surface area contributed by atoms with E-state index in [1.165, 1.54) is 16.0 Å². The van der Waals surface area contributed by atoms with Crippen molar-refractivity contribution in [1.82, 2.24) is 4.90 Å². The van der Waals surface area contributed by atoms with Crippen molar-refractivity contribution in [1.29, 1.82) is 0 Å². The molecular formula is C18H21NOS2. The quantitative estimate of drug-likeness (QED) is 0.796. The van der Waals surface area contributed by atoms with E-state index in [0.29, 0.717) is 5.25 Å². The van der Waals surface area contributed by atoms with Gasteiger partial charge >= 0.3 is 0 Å². The molecule has 3 rings (SSSR count). The molecule has 2 heterocycles. The van der Waals surface area contributed by atoms with Gasteiger partial charge in [-0.05, 0) is 55.0 Å². The monoisotopic (exact) mass is 331 g/mol. The van der Waals surface area contributed by atoms with Gasteiger partial charge in [0.05, 0.1) is 0 Å². The highest BCUT2D eigenvalue weighted by molar-refractivity contribution is 7.99. The lowest BCUT2D eigenvalue weighted by Crippen LogP contribution is -2.33. The van der Waals surface area contributed by atoms with Crippen LogP contribution in [-0.4, -0.2) is 29.6 Å². The Hall–Kier alpha value is -1.26. The summed E-state index contributed by atoms with van der Waals surface area (Å²) in [6, 6.07) is 10.3. The van der Waals surface area contributed by atoms with Crippen LogP contribution in [0.15, 0.2) is 35.7 Å². The molecule has 0 bridgehead atoms. The summed E-state index contributed by atoms with van der Waals surface area (Å²) < 4.78 is 0. The molecule has 1 unspecified atom stereocenters. The molecule has 1 fully saturated rings. The van der Waals surface area contributed by atoms with Gasteiger partial charge in [0.2, 0.25) is 0 Å². The van der Waals surface area contributed by atoms with Crippen molar-refractivity contribution >= 4 is 29.0 Å². The first-order chi connectivity index (χ1) is 10.6. The van der Waals surface area contributed by atoms with Crippen LogP contribution in [0.2, 0.25) is 0 Å². The molecule has 0 saturated carbocycles. The molecule has 1 aromatic carbocycles. The number of aryl methyl sites for hydroxylation is 2. The zero-order valence-corrected chi connectivity index (χ0v) is 14.7. The van der Waals surface area contributed by atoms with E-state index in [4.69, 9.17) is 0 Å². The molecule has 1 aromatic heterocycles. The Morgan fingerprint density at radius 2 is 2.05 bits per heavy atom. The molecule has 1 saturated heterocycles. The molecule has 1 aliphatic rings. The third kappa shape index (κ3) is 3.39. The van der Waals surface area contributed by atoms with E-state index in [2.05, 4.69) is 31.4 Å². The normalized spacial score (nSPS) is 19.0. The molecule has 4 heteroatoms. The highest BCUT2D eigenvalue weighted by atomic mass is 32.2. The Morgan fingerprint density at radius 3 is 2.77 bits per heavy atom. The largest absolute Gasteiger partial charge is 0.338 e. The van der Waals surface area contributed by atoms with Crippen LogP contribution in [0.4, 0.5) is 0 Å². The third-order valence-electron chi connectivity index (χ3n) is 4.24. The predicted molar refractivity (Wildman–Crippen MR) is 96.0 cm³/mol. The molecule has 22 heavy (non-hydrogen) atoms. The molecule has 2 aromatic rings. The van der Waals surface area contributed by atoms with Crippen LogP contribution in [0.5, 0.6) is 0 Å². The van der Waals surface area contributed by atoms with Gasteiger partial charge in [-0.2, -0.15) is 11.8 Å². The van der Waals surface area contributed by atoms with Gasteiger partial charge in [-0.1, -0.05) is 12.1 Å². The Bertz CT molecular complexity index is 651. The number of hydrogen-bond donors (Lipinski definition) is 0. The highest BCUT2D eigenvalue weighted by Gasteiger charge is 2.23. The molecule has 1 atom stereocenters. The van der Waals surface area contributed by atoms with Crippen LogP contribution in [0, 0.1) is 13.8 Å². The molecular weight excluding hydrogens is 310 g/mol. The number of thiophene rings is 1. The van der Waals surface area contributed by atoms with Crippen molar-refractivity contribution in [2.45, 2.75) is 25.5 Å². The van der Waals surface area contributed by atoms with Gasteiger partial charge in [0.15, 0.2) is 0 Å². The molecule has 0 radical (unpaired) electrons. The van der Waals surface area contributed by atoms with Gasteiger partial charge < -0.3 is 4.90 Å². The van der Waals surface area contributed by atoms with E-state index < -0.39 is 0 Å². The van der Waals surface area contributed by atoms with Crippen LogP contribution in [0.1, 0.15) is 38.0 Å². The number of carbonyl (C=O) groups is 1. The van der Waals surface area contributed by atoms with Crippen LogP contribution in [-0.2, 0) is 0 Å². The maximum absolute atomic E-state index is 12.7. The Morgan fingerprint density at radius 1 is 1.18 bits per heavy atom. The number of nitrogens with zero attached hydrogens (tertiary/aromatic N) is 1. The second kappa shape index (κ2) is 6.88. The number of carbonyl (C=O) groups excluding carboxylic acids is 1. The van der Waals surface area contributed by atoms with Crippen molar-refractivity contribution in [3.8, 4) is 0 Å². The lowest BCUT2D eigenvalue weighted by atomic mass is 10.1. The number of amides is 1. The Balaban J connectivity index is 1.70. The van der Waals surface area contributed by atoms with Crippen molar-refractivity contribution in [2.75, 3.05) is 18.8 Å². The summed E-state index contributed by atoms with van der Waals surface area (Å²) in [5.41, 5.74) is 3.25. The summed E-state index contributed by atoms with van der Waals surface area (Å²) in [6.07, 6.45) is 1.04. The summed E-state index contributed by atoms with van der Waals surface area (Å²) in [5.74, 6) is 1.19. The zero-order chi connectivity index (χ0) is 15.5. The van der Waals surface area contributed by atoms with E-state index in [9.17, 15) is 4.79 Å². The molecule has 116 valence electrons. The van der Waals surface area contributed by atoms with E-state index in [1.54, 1.807) is 0 Å². The molecule has 0 aliphatic carbocycles. The number of hydrogen-bond acceptors (Lipinski definition) is 3. The summed E-state index contributed by atoms with van der Waals surface area (Å²) in [7, 11) is 0. The lowest BCUT2D eigenvalue weighted by Gasteiger charge is -2.20. The molecule has 0 spiro atoms. The van der Waals surface area contributed by atoms with Gasteiger partial charge in [0, 0.05) is 34.5 Å². The van der Waals surface area contributed by atoms with E-state index >= 15 is 0 Å². The first kappa shape index (κ1) is 15.6. The summed E-state index contributed by atoms with van der Waals surface area (Å²) >= 11 is 3.80. The van der Waals surface area contributed by atoms with E-state index in [1.807, 2.05) is 46.2 Å². The average Bonchev–Trinajstić information content (AvgIpc) is 2.94. The minimum atomic E-state index is 0.176. The number of thioether (sulfide) groups is 1. The average molecular weight is 332 g/mol. The first-order valence-electron chi connectivity index (χ1n) is 7.66. The Kier molecular flexibility index (Phi) is 4.89. The van der Waals surface area contributed by atoms with Crippen LogP contribution in [0.3, 0.4) is 0 Å². The van der Waals surface area contributed by atoms with E-state index in [-0.39, 0.29) is 5.91 Å². The maximum atomic E-state index is 12.7. The van der Waals surface area contributed by atoms with Gasteiger partial charge in [0.25, 0.3) is 5.91 Å². The number of rotatable bonds is 2. The SMILES string of the molecule is Cc1ccc(C(=O)N2CCSC(c3cccs3)CC2)cc1C. The van der Waals surface area contributed by atoms with Crippen molar-refractivity contribution in [3.63, 3.8) is 0 Å². The summed E-state index contributed by atoms with van der Waals surface area (Å²) in [6.45, 7) is 5.84. The molecule has 2 nitrogen and oxygen atoms in total. The second-order valence-corrected chi connectivity index (χ2v) is 8.04. The first-order valence-corrected chi connectivity index (χ1v) is 9.59. The zero-order valence-electron chi connectivity index (χ0n) is 13.0. The number of benzene rings is 1.